The van der Waals surface area contributed by atoms with Crippen LogP contribution in [-0.2, 0) is 18.3 Å². The fourth-order valence-corrected chi connectivity index (χ4v) is 4.54. The molecular weight excluding hydrogens is 537 g/mol. The molecule has 1 aliphatic rings. The van der Waals surface area contributed by atoms with Gasteiger partial charge in [0, 0.05) is 41.7 Å². The highest BCUT2D eigenvalue weighted by atomic mass is 127. The van der Waals surface area contributed by atoms with Crippen LogP contribution in [0, 0.1) is 0 Å². The molecule has 1 N–H and O–H groups in total. The molecule has 1 saturated heterocycles. The van der Waals surface area contributed by atoms with E-state index in [1.54, 1.807) is 18.4 Å². The van der Waals surface area contributed by atoms with Crippen molar-refractivity contribution in [1.29, 1.82) is 0 Å². The molecular formula is C23H30IN5O2S. The summed E-state index contributed by atoms with van der Waals surface area (Å²) in [5.41, 5.74) is 2.30. The van der Waals surface area contributed by atoms with Crippen molar-refractivity contribution in [3.8, 4) is 16.2 Å². The number of nitrogens with one attached hydrogen (secondary N) is 1. The first kappa shape index (κ1) is 24.5. The van der Waals surface area contributed by atoms with E-state index in [0.717, 1.165) is 36.9 Å². The van der Waals surface area contributed by atoms with Crippen LogP contribution in [0.1, 0.15) is 23.5 Å². The molecule has 1 aliphatic heterocycles. The number of aliphatic imine (C=N–C) groups is 1. The summed E-state index contributed by atoms with van der Waals surface area (Å²) >= 11 is 1.78. The number of morpholine rings is 1. The third-order valence-electron chi connectivity index (χ3n) is 5.22. The number of rotatable bonds is 6. The number of ether oxygens (including phenoxy) is 2. The van der Waals surface area contributed by atoms with Gasteiger partial charge >= 0.3 is 0 Å². The Kier molecular flexibility index (Phi) is 8.94. The molecule has 7 nitrogen and oxygen atoms in total. The molecule has 0 aliphatic carbocycles. The molecule has 1 atom stereocenters. The Morgan fingerprint density at radius 3 is 2.78 bits per heavy atom. The largest absolute Gasteiger partial charge is 0.497 e. The summed E-state index contributed by atoms with van der Waals surface area (Å²) in [6.07, 6.45) is 3.91. The van der Waals surface area contributed by atoms with E-state index < -0.39 is 0 Å². The van der Waals surface area contributed by atoms with Crippen LogP contribution >= 0.6 is 35.3 Å². The molecule has 0 spiro atoms. The third-order valence-corrected chi connectivity index (χ3v) is 6.34. The van der Waals surface area contributed by atoms with Crippen LogP contribution in [0.5, 0.6) is 5.75 Å². The molecule has 0 saturated carbocycles. The van der Waals surface area contributed by atoms with E-state index in [-0.39, 0.29) is 30.1 Å². The van der Waals surface area contributed by atoms with Gasteiger partial charge < -0.3 is 19.7 Å². The topological polar surface area (TPSA) is 63.9 Å². The second-order valence-corrected chi connectivity index (χ2v) is 8.59. The predicted octanol–water partition coefficient (Wildman–Crippen LogP) is 4.31. The van der Waals surface area contributed by atoms with Gasteiger partial charge in [0.1, 0.15) is 11.9 Å². The first-order valence-electron chi connectivity index (χ1n) is 10.5. The van der Waals surface area contributed by atoms with Crippen LogP contribution in [0.3, 0.4) is 0 Å². The maximum Gasteiger partial charge on any atom is 0.194 e. The van der Waals surface area contributed by atoms with Crippen molar-refractivity contribution in [3.63, 3.8) is 0 Å². The minimum atomic E-state index is 0. The second-order valence-electron chi connectivity index (χ2n) is 7.42. The van der Waals surface area contributed by atoms with Gasteiger partial charge in [-0.1, -0.05) is 0 Å². The fourth-order valence-electron chi connectivity index (χ4n) is 3.60. The number of hydrogen-bond acceptors (Lipinski definition) is 5. The van der Waals surface area contributed by atoms with Crippen LogP contribution in [0.15, 0.2) is 53.8 Å². The van der Waals surface area contributed by atoms with Crippen molar-refractivity contribution in [2.75, 3.05) is 33.4 Å². The molecule has 1 fully saturated rings. The molecule has 3 heterocycles. The fraction of sp³-hybridized carbons (Fsp3) is 0.391. The maximum absolute atomic E-state index is 5.98. The highest BCUT2D eigenvalue weighted by Crippen LogP contribution is 2.30. The minimum absolute atomic E-state index is 0. The van der Waals surface area contributed by atoms with Gasteiger partial charge in [0.05, 0.1) is 33.0 Å². The van der Waals surface area contributed by atoms with Gasteiger partial charge in [0.2, 0.25) is 0 Å². The quantitative estimate of drug-likeness (QED) is 0.273. The molecule has 0 amide bonds. The molecule has 0 radical (unpaired) electrons. The number of guanidine groups is 1. The van der Waals surface area contributed by atoms with Crippen molar-refractivity contribution >= 4 is 41.3 Å². The average molecular weight is 567 g/mol. The maximum atomic E-state index is 5.98. The van der Waals surface area contributed by atoms with E-state index in [2.05, 4.69) is 46.5 Å². The van der Waals surface area contributed by atoms with Gasteiger partial charge in [-0.2, -0.15) is 5.10 Å². The molecule has 32 heavy (non-hydrogen) atoms. The number of aromatic nitrogens is 2. The lowest BCUT2D eigenvalue weighted by molar-refractivity contribution is -0.00805. The lowest BCUT2D eigenvalue weighted by atomic mass is 10.1. The lowest BCUT2D eigenvalue weighted by Gasteiger charge is -2.34. The first-order valence-corrected chi connectivity index (χ1v) is 11.3. The lowest BCUT2D eigenvalue weighted by Crippen LogP contribution is -2.48. The zero-order valence-corrected chi connectivity index (χ0v) is 21.8. The molecule has 0 bridgehead atoms. The average Bonchev–Trinajstić information content (AvgIpc) is 3.46. The highest BCUT2D eigenvalue weighted by molar-refractivity contribution is 14.0. The van der Waals surface area contributed by atoms with Crippen LogP contribution in [-0.4, -0.2) is 54.0 Å². The summed E-state index contributed by atoms with van der Waals surface area (Å²) in [5.74, 6) is 1.80. The van der Waals surface area contributed by atoms with Crippen molar-refractivity contribution < 1.29 is 9.47 Å². The van der Waals surface area contributed by atoms with E-state index in [0.29, 0.717) is 13.2 Å². The summed E-state index contributed by atoms with van der Waals surface area (Å²) in [5, 5.41) is 7.72. The third kappa shape index (κ3) is 6.02. The number of thiophene rings is 1. The Bertz CT molecular complexity index is 1020. The van der Waals surface area contributed by atoms with E-state index in [1.165, 1.54) is 15.3 Å². The number of nitrogens with zero attached hydrogens (tertiary/aromatic N) is 4. The van der Waals surface area contributed by atoms with E-state index in [4.69, 9.17) is 14.5 Å². The van der Waals surface area contributed by atoms with E-state index in [1.807, 2.05) is 36.3 Å². The summed E-state index contributed by atoms with van der Waals surface area (Å²) in [6.45, 7) is 5.84. The Labute approximate surface area is 210 Å². The van der Waals surface area contributed by atoms with Crippen molar-refractivity contribution in [3.05, 3.63) is 59.2 Å². The van der Waals surface area contributed by atoms with E-state index in [9.17, 15) is 0 Å². The number of methoxy groups -OCH3 is 1. The van der Waals surface area contributed by atoms with Gasteiger partial charge in [-0.05, 0) is 48.9 Å². The first-order chi connectivity index (χ1) is 15.2. The summed E-state index contributed by atoms with van der Waals surface area (Å²) < 4.78 is 13.0. The minimum Gasteiger partial charge on any atom is -0.497 e. The summed E-state index contributed by atoms with van der Waals surface area (Å²) in [4.78, 5) is 9.67. The predicted molar refractivity (Wildman–Crippen MR) is 140 cm³/mol. The van der Waals surface area contributed by atoms with Gasteiger partial charge in [-0.3, -0.25) is 4.68 Å². The molecule has 2 aromatic heterocycles. The van der Waals surface area contributed by atoms with Crippen molar-refractivity contribution in [2.24, 2.45) is 12.0 Å². The molecule has 4 rings (SSSR count). The Morgan fingerprint density at radius 1 is 1.28 bits per heavy atom. The molecule has 1 unspecified atom stereocenters. The number of benzene rings is 1. The van der Waals surface area contributed by atoms with Gasteiger partial charge in [-0.25, -0.2) is 4.99 Å². The zero-order valence-electron chi connectivity index (χ0n) is 18.7. The molecule has 172 valence electrons. The molecule has 1 aromatic carbocycles. The smallest absolute Gasteiger partial charge is 0.194 e. The Balaban J connectivity index is 0.00000289. The molecule has 9 heteroatoms. The van der Waals surface area contributed by atoms with Crippen molar-refractivity contribution in [2.45, 2.75) is 19.6 Å². The van der Waals surface area contributed by atoms with Crippen LogP contribution < -0.4 is 10.1 Å². The van der Waals surface area contributed by atoms with Gasteiger partial charge in [0.15, 0.2) is 5.96 Å². The van der Waals surface area contributed by atoms with Gasteiger partial charge in [0.25, 0.3) is 0 Å². The number of aryl methyl sites for hydroxylation is 1. The summed E-state index contributed by atoms with van der Waals surface area (Å²) in [7, 11) is 3.61. The Morgan fingerprint density at radius 2 is 2.09 bits per heavy atom. The summed E-state index contributed by atoms with van der Waals surface area (Å²) in [6, 6.07) is 12.5. The van der Waals surface area contributed by atoms with Crippen LogP contribution in [0.2, 0.25) is 0 Å². The van der Waals surface area contributed by atoms with E-state index >= 15 is 0 Å². The molecule has 3 aromatic rings. The highest BCUT2D eigenvalue weighted by Gasteiger charge is 2.25. The number of hydrogen-bond donors (Lipinski definition) is 1. The second kappa shape index (κ2) is 11.7. The van der Waals surface area contributed by atoms with Gasteiger partial charge in [-0.15, -0.1) is 35.3 Å². The zero-order chi connectivity index (χ0) is 21.6. The van der Waals surface area contributed by atoms with Crippen LogP contribution in [0.4, 0.5) is 0 Å². The normalized spacial score (nSPS) is 16.5. The SMILES string of the molecule is CCNC(=NCc1ccc(-c2ccc(OC)cc2)s1)N1CCOC(c2cnn(C)c2)C1.I. The standard InChI is InChI=1S/C23H29N5O2S.HI/c1-4-24-23(28-11-12-30-21(16-28)18-13-26-27(2)15-18)25-14-20-9-10-22(31-20)17-5-7-19(29-3)8-6-17;/h5-10,13,15,21H,4,11-12,14,16H2,1-3H3,(H,24,25);1H. The monoisotopic (exact) mass is 567 g/mol. The van der Waals surface area contributed by atoms with Crippen molar-refractivity contribution in [1.82, 2.24) is 20.0 Å². The van der Waals surface area contributed by atoms with Crippen LogP contribution in [0.25, 0.3) is 10.4 Å². The Hall–Kier alpha value is -2.11. The number of halogens is 1.